The third-order valence-corrected chi connectivity index (χ3v) is 25.7. The highest BCUT2D eigenvalue weighted by Crippen LogP contribution is 2.39. The van der Waals surface area contributed by atoms with Gasteiger partial charge in [-0.1, -0.05) is 256 Å². The number of esters is 3. The molecule has 0 radical (unpaired) electrons. The number of nitriles is 3. The van der Waals surface area contributed by atoms with Crippen LogP contribution in [-0.2, 0) is 83.7 Å². The lowest BCUT2D eigenvalue weighted by Gasteiger charge is -2.37. The number of halogens is 5. The van der Waals surface area contributed by atoms with E-state index in [1.807, 2.05) is 140 Å². The first-order valence-corrected chi connectivity index (χ1v) is 49.7. The van der Waals surface area contributed by atoms with Gasteiger partial charge in [-0.2, -0.15) is 15.8 Å². The van der Waals surface area contributed by atoms with Crippen LogP contribution in [0.25, 0.3) is 6.08 Å². The number of amides is 4. The topological polar surface area (TPSA) is 396 Å². The van der Waals surface area contributed by atoms with Crippen LogP contribution in [0.1, 0.15) is 204 Å². The van der Waals surface area contributed by atoms with Gasteiger partial charge in [0.1, 0.15) is 66.9 Å². The first-order chi connectivity index (χ1) is 71.1. The van der Waals surface area contributed by atoms with E-state index in [2.05, 4.69) is 94.3 Å². The fourth-order valence-corrected chi connectivity index (χ4v) is 17.0. The Morgan fingerprint density at radius 1 is 0.507 bits per heavy atom. The number of aliphatic imine (C=N–C) groups is 1. The summed E-state index contributed by atoms with van der Waals surface area (Å²) >= 11 is 3.28. The Morgan fingerprint density at radius 3 is 1.27 bits per heavy atom. The molecular weight excluding hydrogens is 1960 g/mol. The Balaban J connectivity index is 0.000000212. The molecule has 3 saturated heterocycles. The molecule has 4 amide bonds. The van der Waals surface area contributed by atoms with Crippen LogP contribution in [0.3, 0.4) is 0 Å². The number of piperidine rings is 3. The van der Waals surface area contributed by atoms with Gasteiger partial charge < -0.3 is 55.6 Å². The predicted octanol–water partition coefficient (Wildman–Crippen LogP) is 19.4. The quantitative estimate of drug-likeness (QED) is 0.00278. The molecule has 3 fully saturated rings. The van der Waals surface area contributed by atoms with E-state index >= 15 is 0 Å². The van der Waals surface area contributed by atoms with Gasteiger partial charge in [0.15, 0.2) is 5.78 Å². The summed E-state index contributed by atoms with van der Waals surface area (Å²) in [4.78, 5) is 119. The molecule has 10 aromatic carbocycles. The largest absolute Gasteiger partial charge is 0.469 e. The second kappa shape index (κ2) is 61.3. The summed E-state index contributed by atoms with van der Waals surface area (Å²) in [5.41, 5.74) is 17.7. The summed E-state index contributed by atoms with van der Waals surface area (Å²) in [5.74, 6) is -6.29. The molecule has 1 unspecified atom stereocenters. The number of hydrogen-bond donors (Lipinski definition) is 5. The highest BCUT2D eigenvalue weighted by atomic mass is 79.9. The number of likely N-dealkylation sites (tertiary alicyclic amines) is 2. The second-order valence-electron chi connectivity index (χ2n) is 34.8. The molecule has 776 valence electrons. The van der Waals surface area contributed by atoms with Gasteiger partial charge in [-0.15, -0.1) is 0 Å². The number of carbonyl (C=O) groups is 9. The first kappa shape index (κ1) is 118. The second-order valence-corrected chi connectivity index (χ2v) is 35.5. The highest BCUT2D eigenvalue weighted by Gasteiger charge is 2.41. The van der Waals surface area contributed by atoms with Crippen molar-refractivity contribution in [2.75, 3.05) is 91.5 Å². The molecule has 16 rings (SSSR count). The number of nitrogens with two attached hydrogens (primary N) is 2. The van der Waals surface area contributed by atoms with Gasteiger partial charge in [0.25, 0.3) is 35.7 Å². The summed E-state index contributed by atoms with van der Waals surface area (Å²) in [6.45, 7) is 14.6. The number of methoxy groups -OCH3 is 2. The maximum atomic E-state index is 14.4. The van der Waals surface area contributed by atoms with Crippen LogP contribution in [0.4, 0.5) is 17.6 Å². The Bertz CT molecular complexity index is 6220. The number of amidine groups is 2. The zero-order valence-corrected chi connectivity index (χ0v) is 84.8. The van der Waals surface area contributed by atoms with Crippen molar-refractivity contribution >= 4 is 87.2 Å². The van der Waals surface area contributed by atoms with Crippen LogP contribution in [0.2, 0.25) is 0 Å². The Kier molecular flexibility index (Phi) is 48.8. The zero-order chi connectivity index (χ0) is 106. The predicted molar refractivity (Wildman–Crippen MR) is 563 cm³/mol. The first-order valence-electron chi connectivity index (χ1n) is 48.6. The molecule has 32 heteroatoms. The van der Waals surface area contributed by atoms with Crippen molar-refractivity contribution in [3.05, 3.63) is 374 Å². The maximum Gasteiger partial charge on any atom is 0.342 e. The van der Waals surface area contributed by atoms with Crippen molar-refractivity contribution in [1.29, 1.82) is 21.2 Å². The molecule has 6 heterocycles. The van der Waals surface area contributed by atoms with Gasteiger partial charge in [-0.3, -0.25) is 48.8 Å². The van der Waals surface area contributed by atoms with E-state index in [0.717, 1.165) is 175 Å². The Morgan fingerprint density at radius 2 is 0.892 bits per heavy atom. The van der Waals surface area contributed by atoms with E-state index in [4.69, 9.17) is 30.1 Å². The van der Waals surface area contributed by atoms with E-state index in [0.29, 0.717) is 59.9 Å². The number of nitrogens with one attached hydrogen (secondary N) is 3. The number of Topliss-reactive ketones (excluding diaryl/α,β-unsaturated/α-hetero) is 2. The van der Waals surface area contributed by atoms with Crippen LogP contribution < -0.4 is 22.1 Å². The number of imide groups is 2. The summed E-state index contributed by atoms with van der Waals surface area (Å²) in [5, 5.41) is 42.0. The van der Waals surface area contributed by atoms with E-state index in [1.165, 1.54) is 41.2 Å². The normalized spacial score (nSPS) is 15.4. The lowest BCUT2D eigenvalue weighted by atomic mass is 9.74. The van der Waals surface area contributed by atoms with Gasteiger partial charge in [0.05, 0.1) is 76.5 Å². The van der Waals surface area contributed by atoms with E-state index in [9.17, 15) is 76.5 Å². The Hall–Kier alpha value is -15.2. The number of ketones is 2. The minimum absolute atomic E-state index is 0. The zero-order valence-electron chi connectivity index (χ0n) is 83.2. The SMILES string of the molecule is C.CCC(=O)C(=Cc1ccc(F)cc1F)C(=O)OCc1ccccc1.CCC(=O)CC(=O)OCc1ccccc1.CCC1=C(C(=O)OCc2ccccc2)C(c2ccc(F)cc2F)N=C(OC)N1.COC(=N)N.N#CC1(c2ccccc2)CCN(CCCN)CC1.N#CC1(c2ccccc2)CCN(CCCN2C(=O)c3ccccc3C2=O)CC1.N#CC1(c2ccccc2)CCNCC1.O=C1c2ccccc2C(=O)N1CCCBr. The van der Waals surface area contributed by atoms with Crippen LogP contribution >= 0.6 is 15.9 Å². The minimum atomic E-state index is -1.00. The number of rotatable bonds is 29. The molecule has 7 N–H and O–H groups in total. The third-order valence-electron chi connectivity index (χ3n) is 25.2. The van der Waals surface area contributed by atoms with Crippen molar-refractivity contribution in [1.82, 2.24) is 30.2 Å². The Labute approximate surface area is 871 Å². The number of carbonyl (C=O) groups excluding carboxylic acids is 9. The fraction of sp³-hybridized carbons (Fsp3) is 0.328. The molecule has 1 atom stereocenters. The van der Waals surface area contributed by atoms with Crippen LogP contribution in [0, 0.1) is 62.7 Å². The highest BCUT2D eigenvalue weighted by molar-refractivity contribution is 9.09. The maximum absolute atomic E-state index is 14.4. The lowest BCUT2D eigenvalue weighted by molar-refractivity contribution is -0.147. The van der Waals surface area contributed by atoms with Crippen LogP contribution in [0.5, 0.6) is 0 Å². The molecule has 0 spiro atoms. The standard InChI is InChI=1S/C23H23N3O2.C21H20F2N2O3.C19H16F2O3.C15H21N3.C12H14N2.C12H14O3.C11H10BrNO2.C2H6N2O.CH4/c24-17-23(18-7-2-1-3-8-18)11-15-25(16-12-23)13-6-14-26-21(27)19-9-4-5-10-20(19)22(26)28;1-3-17-18(20(26)28-12-13-7-5-4-6-8-13)19(25-21(24-17)27-2)15-10-9-14(22)11-16(15)23;1-2-18(22)16(10-14-8-9-15(20)11-17(14)21)19(23)24-12-13-6-4-3-5-7-13;16-9-4-10-18-11-7-15(13-17,8-12-18)14-5-2-1-3-6-14;13-10-12(6-8-14-9-7-12)11-4-2-1-3-5-11;1-2-11(13)8-12(14)15-9-10-6-4-3-5-7-10;12-6-3-7-13-10(14)8-4-1-2-5-9(8)11(13)15;1-5-2(3)4;/h1-5,7-10H,6,11-16H2;4-11,19H,3,12H2,1-2H3,(H,24,25);3-11H,2,12H2,1H3;1-3,5-6H,4,7-12,16H2;1-5,14H,6-9H2;3-7H,2,8-9H2,1H3;1-2,4-5H,3,6-7H2;1H3,(H3,3,4);1H4. The van der Waals surface area contributed by atoms with E-state index in [-0.39, 0.29) is 115 Å². The lowest BCUT2D eigenvalue weighted by Crippen LogP contribution is -2.43. The minimum Gasteiger partial charge on any atom is -0.469 e. The number of fused-ring (bicyclic) bond motifs is 2. The summed E-state index contributed by atoms with van der Waals surface area (Å²) in [7, 11) is 2.76. The van der Waals surface area contributed by atoms with Crippen molar-refractivity contribution < 1.29 is 84.4 Å². The molecule has 6 aliphatic heterocycles. The molecule has 0 aromatic heterocycles. The molecular formula is C116H128BrF4N13O14. The molecule has 6 aliphatic rings. The number of benzene rings is 10. The number of allylic oxidation sites excluding steroid dienone is 1. The summed E-state index contributed by atoms with van der Waals surface area (Å²) < 4.78 is 79.3. The molecule has 0 saturated carbocycles. The van der Waals surface area contributed by atoms with Gasteiger partial charge in [-0.25, -0.2) is 32.1 Å². The summed E-state index contributed by atoms with van der Waals surface area (Å²) in [6, 6.07) is 84.5. The monoisotopic (exact) mass is 2080 g/mol. The average Bonchev–Trinajstić information content (AvgIpc) is 1.78. The van der Waals surface area contributed by atoms with Gasteiger partial charge in [0, 0.05) is 60.2 Å². The van der Waals surface area contributed by atoms with Gasteiger partial charge in [-0.05, 0) is 205 Å². The van der Waals surface area contributed by atoms with Crippen LogP contribution in [-0.4, -0.2) is 176 Å². The molecule has 0 bridgehead atoms. The smallest absolute Gasteiger partial charge is 0.342 e. The van der Waals surface area contributed by atoms with Crippen molar-refractivity contribution in [2.24, 2.45) is 16.5 Å². The van der Waals surface area contributed by atoms with Crippen molar-refractivity contribution in [3.8, 4) is 18.2 Å². The van der Waals surface area contributed by atoms with E-state index in [1.54, 1.807) is 86.6 Å². The number of hydrogen-bond acceptors (Lipinski definition) is 24. The third kappa shape index (κ3) is 34.5. The molecule has 10 aromatic rings. The molecule has 27 nitrogen and oxygen atoms in total. The fourth-order valence-electron chi connectivity index (χ4n) is 16.7. The van der Waals surface area contributed by atoms with Gasteiger partial charge in [0.2, 0.25) is 0 Å². The summed E-state index contributed by atoms with van der Waals surface area (Å²) in [6.07, 6.45) is 9.75. The number of nitrogens with zero attached hydrogens (tertiary/aromatic N) is 8. The molecule has 0 aliphatic carbocycles. The van der Waals surface area contributed by atoms with Crippen LogP contribution in [0.15, 0.2) is 289 Å². The number of ether oxygens (including phenoxy) is 5. The van der Waals surface area contributed by atoms with Crippen molar-refractivity contribution in [2.45, 2.75) is 154 Å². The number of alkyl halides is 1. The van der Waals surface area contributed by atoms with Gasteiger partial charge >= 0.3 is 17.9 Å². The van der Waals surface area contributed by atoms with Crippen molar-refractivity contribution in [3.63, 3.8) is 0 Å². The van der Waals surface area contributed by atoms with E-state index < -0.39 is 58.4 Å². The average molecular weight is 2080 g/mol. The molecule has 148 heavy (non-hydrogen) atoms.